The van der Waals surface area contributed by atoms with Crippen LogP contribution >= 0.6 is 11.3 Å². The molecule has 0 fully saturated rings. The lowest BCUT2D eigenvalue weighted by Crippen LogP contribution is -2.21. The summed E-state index contributed by atoms with van der Waals surface area (Å²) in [4.78, 5) is 4.47. The van der Waals surface area contributed by atoms with Gasteiger partial charge in [0.2, 0.25) is 5.82 Å². The molecule has 4 aromatic rings. The van der Waals surface area contributed by atoms with Crippen LogP contribution in [0.4, 0.5) is 0 Å². The fourth-order valence-corrected chi connectivity index (χ4v) is 3.85. The van der Waals surface area contributed by atoms with Crippen LogP contribution in [-0.4, -0.2) is 26.5 Å². The van der Waals surface area contributed by atoms with Gasteiger partial charge in [0, 0.05) is 10.9 Å². The summed E-state index contributed by atoms with van der Waals surface area (Å²) in [5.41, 5.74) is 3.71. The summed E-state index contributed by atoms with van der Waals surface area (Å²) in [5.74, 6) is 1.85. The van der Waals surface area contributed by atoms with E-state index in [1.54, 1.807) is 11.3 Å². The summed E-state index contributed by atoms with van der Waals surface area (Å²) < 4.78 is 18.9. The second-order valence-corrected chi connectivity index (χ2v) is 7.22. The van der Waals surface area contributed by atoms with Gasteiger partial charge >= 0.3 is 0 Å². The molecule has 7 nitrogen and oxygen atoms in total. The molecule has 0 saturated heterocycles. The highest BCUT2D eigenvalue weighted by Crippen LogP contribution is 2.30. The monoisotopic (exact) mass is 394 g/mol. The Bertz CT molecular complexity index is 1070. The SMILES string of the molecule is CCOc1ccc(C2Cn3nc(-c4nc(-c5ccsc5)no4)cc3CO2)cc1. The Morgan fingerprint density at radius 1 is 1.25 bits per heavy atom. The Hall–Kier alpha value is -2.97. The number of hydrogen-bond donors (Lipinski definition) is 0. The van der Waals surface area contributed by atoms with Gasteiger partial charge in [0.15, 0.2) is 5.69 Å². The third-order valence-electron chi connectivity index (χ3n) is 4.62. The van der Waals surface area contributed by atoms with Crippen molar-refractivity contribution in [1.82, 2.24) is 19.9 Å². The highest BCUT2D eigenvalue weighted by atomic mass is 32.1. The van der Waals surface area contributed by atoms with Crippen molar-refractivity contribution in [3.8, 4) is 28.7 Å². The Balaban J connectivity index is 1.35. The van der Waals surface area contributed by atoms with Crippen molar-refractivity contribution in [2.75, 3.05) is 6.61 Å². The molecule has 0 saturated carbocycles. The van der Waals surface area contributed by atoms with Gasteiger partial charge in [-0.25, -0.2) is 0 Å². The molecule has 1 unspecified atom stereocenters. The van der Waals surface area contributed by atoms with E-state index in [4.69, 9.17) is 14.0 Å². The second-order valence-electron chi connectivity index (χ2n) is 6.44. The third-order valence-corrected chi connectivity index (χ3v) is 5.31. The van der Waals surface area contributed by atoms with Crippen molar-refractivity contribution < 1.29 is 14.0 Å². The predicted molar refractivity (Wildman–Crippen MR) is 104 cm³/mol. The standard InChI is InChI=1S/C20H18N4O3S/c1-2-25-16-5-3-13(4-6-16)18-10-24-15(11-26-18)9-17(22-24)20-21-19(23-27-20)14-7-8-28-12-14/h3-9,12,18H,2,10-11H2,1H3. The molecule has 1 aliphatic rings. The van der Waals surface area contributed by atoms with Crippen molar-refractivity contribution >= 4 is 11.3 Å². The number of benzene rings is 1. The lowest BCUT2D eigenvalue weighted by molar-refractivity contribution is -0.00115. The molecule has 1 aliphatic heterocycles. The van der Waals surface area contributed by atoms with Crippen LogP contribution in [0.1, 0.15) is 24.3 Å². The number of ether oxygens (including phenoxy) is 2. The zero-order valence-corrected chi connectivity index (χ0v) is 16.1. The van der Waals surface area contributed by atoms with Crippen molar-refractivity contribution in [3.05, 3.63) is 58.4 Å². The van der Waals surface area contributed by atoms with Gasteiger partial charge in [-0.3, -0.25) is 4.68 Å². The van der Waals surface area contributed by atoms with Gasteiger partial charge in [0.05, 0.1) is 25.5 Å². The normalized spacial score (nSPS) is 16.1. The predicted octanol–water partition coefficient (Wildman–Crippen LogP) is 4.33. The summed E-state index contributed by atoms with van der Waals surface area (Å²) >= 11 is 1.60. The Morgan fingerprint density at radius 2 is 2.14 bits per heavy atom. The van der Waals surface area contributed by atoms with E-state index in [-0.39, 0.29) is 6.10 Å². The van der Waals surface area contributed by atoms with Crippen LogP contribution in [0.25, 0.3) is 23.0 Å². The molecule has 5 rings (SSSR count). The molecule has 0 aliphatic carbocycles. The van der Waals surface area contributed by atoms with Crippen molar-refractivity contribution in [3.63, 3.8) is 0 Å². The minimum atomic E-state index is -0.0556. The lowest BCUT2D eigenvalue weighted by Gasteiger charge is -2.24. The minimum Gasteiger partial charge on any atom is -0.494 e. The molecule has 142 valence electrons. The Kier molecular flexibility index (Phi) is 4.42. The number of aromatic nitrogens is 4. The average molecular weight is 394 g/mol. The molecular weight excluding hydrogens is 376 g/mol. The molecule has 0 spiro atoms. The molecule has 0 bridgehead atoms. The number of nitrogens with zero attached hydrogens (tertiary/aromatic N) is 4. The van der Waals surface area contributed by atoms with Gasteiger partial charge < -0.3 is 14.0 Å². The number of fused-ring (bicyclic) bond motifs is 1. The first-order valence-corrected chi connectivity index (χ1v) is 10.0. The summed E-state index contributed by atoms with van der Waals surface area (Å²) in [6.45, 7) is 3.75. The highest BCUT2D eigenvalue weighted by Gasteiger charge is 2.24. The van der Waals surface area contributed by atoms with E-state index in [9.17, 15) is 0 Å². The molecule has 28 heavy (non-hydrogen) atoms. The Morgan fingerprint density at radius 3 is 2.93 bits per heavy atom. The molecule has 0 N–H and O–H groups in total. The van der Waals surface area contributed by atoms with Crippen molar-refractivity contribution in [1.29, 1.82) is 0 Å². The molecular formula is C20H18N4O3S. The first kappa shape index (κ1) is 17.2. The maximum atomic E-state index is 6.04. The first-order chi connectivity index (χ1) is 13.8. The van der Waals surface area contributed by atoms with E-state index in [0.717, 1.165) is 22.6 Å². The van der Waals surface area contributed by atoms with Crippen molar-refractivity contribution in [2.24, 2.45) is 0 Å². The van der Waals surface area contributed by atoms with Gasteiger partial charge in [0.1, 0.15) is 11.9 Å². The summed E-state index contributed by atoms with van der Waals surface area (Å²) in [6.07, 6.45) is -0.0556. The largest absolute Gasteiger partial charge is 0.494 e. The summed E-state index contributed by atoms with van der Waals surface area (Å²) in [7, 11) is 0. The quantitative estimate of drug-likeness (QED) is 0.501. The lowest BCUT2D eigenvalue weighted by atomic mass is 10.1. The minimum absolute atomic E-state index is 0.0556. The second kappa shape index (κ2) is 7.21. The fraction of sp³-hybridized carbons (Fsp3) is 0.250. The maximum absolute atomic E-state index is 6.04. The van der Waals surface area contributed by atoms with E-state index >= 15 is 0 Å². The van der Waals surface area contributed by atoms with Crippen LogP contribution in [0.5, 0.6) is 5.75 Å². The molecule has 3 aromatic heterocycles. The van der Waals surface area contributed by atoms with E-state index < -0.39 is 0 Å². The van der Waals surface area contributed by atoms with Crippen LogP contribution < -0.4 is 4.74 Å². The Labute approximate surface area is 165 Å². The first-order valence-electron chi connectivity index (χ1n) is 9.08. The van der Waals surface area contributed by atoms with Gasteiger partial charge in [-0.1, -0.05) is 17.3 Å². The molecule has 4 heterocycles. The van der Waals surface area contributed by atoms with Crippen LogP contribution in [0, 0.1) is 0 Å². The summed E-state index contributed by atoms with van der Waals surface area (Å²) in [5, 5.41) is 12.7. The molecule has 0 radical (unpaired) electrons. The molecule has 1 aromatic carbocycles. The third kappa shape index (κ3) is 3.21. The number of hydrogen-bond acceptors (Lipinski definition) is 7. The van der Waals surface area contributed by atoms with E-state index in [2.05, 4.69) is 15.2 Å². The van der Waals surface area contributed by atoms with Gasteiger partial charge in [-0.05, 0) is 42.1 Å². The molecule has 1 atom stereocenters. The average Bonchev–Trinajstić information content (AvgIpc) is 3.47. The fourth-order valence-electron chi connectivity index (χ4n) is 3.21. The smallest absolute Gasteiger partial charge is 0.278 e. The number of rotatable bonds is 5. The van der Waals surface area contributed by atoms with Crippen molar-refractivity contribution in [2.45, 2.75) is 26.2 Å². The van der Waals surface area contributed by atoms with Gasteiger partial charge in [-0.15, -0.1) is 0 Å². The summed E-state index contributed by atoms with van der Waals surface area (Å²) in [6, 6.07) is 11.9. The zero-order chi connectivity index (χ0) is 18.9. The topological polar surface area (TPSA) is 75.2 Å². The molecule has 8 heteroatoms. The highest BCUT2D eigenvalue weighted by molar-refractivity contribution is 7.08. The van der Waals surface area contributed by atoms with Crippen LogP contribution in [-0.2, 0) is 17.9 Å². The van der Waals surface area contributed by atoms with Crippen LogP contribution in [0.2, 0.25) is 0 Å². The van der Waals surface area contributed by atoms with Crippen LogP contribution in [0.3, 0.4) is 0 Å². The van der Waals surface area contributed by atoms with Gasteiger partial charge in [0.25, 0.3) is 5.89 Å². The molecule has 0 amide bonds. The van der Waals surface area contributed by atoms with Crippen LogP contribution in [0.15, 0.2) is 51.7 Å². The van der Waals surface area contributed by atoms with Gasteiger partial charge in [-0.2, -0.15) is 21.4 Å². The zero-order valence-electron chi connectivity index (χ0n) is 15.2. The van der Waals surface area contributed by atoms with E-state index in [1.165, 1.54) is 0 Å². The van der Waals surface area contributed by atoms with E-state index in [1.807, 2.05) is 58.8 Å². The van der Waals surface area contributed by atoms with E-state index in [0.29, 0.717) is 37.2 Å². The maximum Gasteiger partial charge on any atom is 0.278 e. The number of thiophene rings is 1.